The predicted octanol–water partition coefficient (Wildman–Crippen LogP) is 1.93. The van der Waals surface area contributed by atoms with Gasteiger partial charge in [0.2, 0.25) is 0 Å². The summed E-state index contributed by atoms with van der Waals surface area (Å²) in [6.45, 7) is 2.84. The quantitative estimate of drug-likeness (QED) is 0.822. The number of pyridine rings is 1. The van der Waals surface area contributed by atoms with Gasteiger partial charge < -0.3 is 10.1 Å². The minimum absolute atomic E-state index is 0.278. The van der Waals surface area contributed by atoms with E-state index in [0.29, 0.717) is 17.4 Å². The molecule has 1 aromatic rings. The molecule has 0 spiro atoms. The number of anilines is 1. The molecular formula is C12H15N3O. The summed E-state index contributed by atoms with van der Waals surface area (Å²) in [6, 6.07) is 6.04. The van der Waals surface area contributed by atoms with Gasteiger partial charge in [0.1, 0.15) is 11.9 Å². The highest BCUT2D eigenvalue weighted by Gasteiger charge is 2.20. The largest absolute Gasteiger partial charge is 0.378 e. The van der Waals surface area contributed by atoms with Crippen LogP contribution in [0.25, 0.3) is 0 Å². The highest BCUT2D eigenvalue weighted by molar-refractivity contribution is 5.51. The Balaban J connectivity index is 2.06. The van der Waals surface area contributed by atoms with E-state index >= 15 is 0 Å². The fourth-order valence-corrected chi connectivity index (χ4v) is 1.93. The summed E-state index contributed by atoms with van der Waals surface area (Å²) >= 11 is 0. The first-order chi connectivity index (χ1) is 7.79. The van der Waals surface area contributed by atoms with Crippen LogP contribution < -0.4 is 5.32 Å². The topological polar surface area (TPSA) is 57.9 Å². The molecule has 1 aliphatic rings. The highest BCUT2D eigenvalue weighted by atomic mass is 16.5. The van der Waals surface area contributed by atoms with Crippen molar-refractivity contribution in [2.24, 2.45) is 0 Å². The molecule has 0 saturated carbocycles. The first-order valence-corrected chi connectivity index (χ1v) is 5.53. The molecule has 1 N–H and O–H groups in total. The third kappa shape index (κ3) is 2.50. The lowest BCUT2D eigenvalue weighted by Gasteiger charge is -2.28. The van der Waals surface area contributed by atoms with Gasteiger partial charge in [-0.15, -0.1) is 0 Å². The van der Waals surface area contributed by atoms with Crippen molar-refractivity contribution in [3.05, 3.63) is 23.9 Å². The van der Waals surface area contributed by atoms with Gasteiger partial charge in [-0.2, -0.15) is 5.26 Å². The molecule has 1 aliphatic heterocycles. The Morgan fingerprint density at radius 2 is 2.50 bits per heavy atom. The molecule has 0 bridgehead atoms. The molecular weight excluding hydrogens is 202 g/mol. The zero-order chi connectivity index (χ0) is 11.4. The van der Waals surface area contributed by atoms with Crippen LogP contribution in [0.15, 0.2) is 18.3 Å². The lowest BCUT2D eigenvalue weighted by atomic mass is 10.0. The standard InChI is InChI=1S/C12H15N3O/c1-9-7-11(4-6-16-9)15-12-10(8-13)3-2-5-14-12/h2-3,5,9,11H,4,6-7H2,1H3,(H,14,15). The van der Waals surface area contributed by atoms with Crippen molar-refractivity contribution in [3.8, 4) is 6.07 Å². The average Bonchev–Trinajstić information content (AvgIpc) is 2.30. The molecule has 4 heteroatoms. The van der Waals surface area contributed by atoms with Crippen molar-refractivity contribution >= 4 is 5.82 Å². The van der Waals surface area contributed by atoms with E-state index in [1.54, 1.807) is 18.3 Å². The molecule has 1 fully saturated rings. The van der Waals surface area contributed by atoms with Crippen LogP contribution in [0.5, 0.6) is 0 Å². The molecule has 1 aromatic heterocycles. The van der Waals surface area contributed by atoms with Gasteiger partial charge in [-0.25, -0.2) is 4.98 Å². The second-order valence-corrected chi connectivity index (χ2v) is 4.06. The Morgan fingerprint density at radius 3 is 3.25 bits per heavy atom. The lowest BCUT2D eigenvalue weighted by Crippen LogP contribution is -2.32. The van der Waals surface area contributed by atoms with E-state index in [4.69, 9.17) is 10.00 Å². The van der Waals surface area contributed by atoms with Crippen LogP contribution in [0, 0.1) is 11.3 Å². The maximum absolute atomic E-state index is 8.95. The smallest absolute Gasteiger partial charge is 0.144 e. The molecule has 16 heavy (non-hydrogen) atoms. The molecule has 2 unspecified atom stereocenters. The normalized spacial score (nSPS) is 24.8. The minimum Gasteiger partial charge on any atom is -0.378 e. The van der Waals surface area contributed by atoms with Gasteiger partial charge in [-0.1, -0.05) is 0 Å². The van der Waals surface area contributed by atoms with Gasteiger partial charge in [0.05, 0.1) is 11.7 Å². The molecule has 84 valence electrons. The van der Waals surface area contributed by atoms with Gasteiger partial charge in [-0.3, -0.25) is 0 Å². The number of nitriles is 1. The summed E-state index contributed by atoms with van der Waals surface area (Å²) in [6.07, 6.45) is 3.90. The summed E-state index contributed by atoms with van der Waals surface area (Å²) < 4.78 is 5.48. The molecule has 0 amide bonds. The number of hydrogen-bond acceptors (Lipinski definition) is 4. The maximum Gasteiger partial charge on any atom is 0.144 e. The minimum atomic E-state index is 0.278. The number of nitrogens with one attached hydrogen (secondary N) is 1. The SMILES string of the molecule is CC1CC(Nc2ncccc2C#N)CCO1. The van der Waals surface area contributed by atoms with Gasteiger partial charge in [-0.05, 0) is 31.9 Å². The maximum atomic E-state index is 8.95. The van der Waals surface area contributed by atoms with Crippen LogP contribution in [-0.4, -0.2) is 23.7 Å². The second kappa shape index (κ2) is 4.95. The van der Waals surface area contributed by atoms with Crippen molar-refractivity contribution in [1.82, 2.24) is 4.98 Å². The Hall–Kier alpha value is -1.60. The van der Waals surface area contributed by atoms with E-state index in [0.717, 1.165) is 19.4 Å². The number of aromatic nitrogens is 1. The first kappa shape index (κ1) is 10.9. The Morgan fingerprint density at radius 1 is 1.62 bits per heavy atom. The van der Waals surface area contributed by atoms with Crippen molar-refractivity contribution in [3.63, 3.8) is 0 Å². The van der Waals surface area contributed by atoms with Gasteiger partial charge in [0.25, 0.3) is 0 Å². The Labute approximate surface area is 95.3 Å². The molecule has 1 saturated heterocycles. The summed E-state index contributed by atoms with van der Waals surface area (Å²) in [4.78, 5) is 4.19. The van der Waals surface area contributed by atoms with Crippen LogP contribution in [0.1, 0.15) is 25.3 Å². The average molecular weight is 217 g/mol. The van der Waals surface area contributed by atoms with Crippen LogP contribution >= 0.6 is 0 Å². The molecule has 2 rings (SSSR count). The Kier molecular flexibility index (Phi) is 3.37. The van der Waals surface area contributed by atoms with Crippen LogP contribution in [-0.2, 0) is 4.74 Å². The van der Waals surface area contributed by atoms with Crippen LogP contribution in [0.4, 0.5) is 5.82 Å². The van der Waals surface area contributed by atoms with E-state index in [-0.39, 0.29) is 6.10 Å². The fourth-order valence-electron chi connectivity index (χ4n) is 1.93. The molecule has 0 aliphatic carbocycles. The van der Waals surface area contributed by atoms with Gasteiger partial charge in [0.15, 0.2) is 0 Å². The summed E-state index contributed by atoms with van der Waals surface area (Å²) in [5.41, 5.74) is 0.599. The molecule has 4 nitrogen and oxygen atoms in total. The fraction of sp³-hybridized carbons (Fsp3) is 0.500. The lowest BCUT2D eigenvalue weighted by molar-refractivity contribution is 0.0232. The summed E-state index contributed by atoms with van der Waals surface area (Å²) in [5.74, 6) is 0.684. The number of nitrogens with zero attached hydrogens (tertiary/aromatic N) is 2. The van der Waals surface area contributed by atoms with Gasteiger partial charge in [0, 0.05) is 18.8 Å². The third-order valence-electron chi connectivity index (χ3n) is 2.75. The first-order valence-electron chi connectivity index (χ1n) is 5.53. The monoisotopic (exact) mass is 217 g/mol. The van der Waals surface area contributed by atoms with E-state index in [2.05, 4.69) is 23.3 Å². The summed E-state index contributed by atoms with van der Waals surface area (Å²) in [7, 11) is 0. The number of rotatable bonds is 2. The van der Waals surface area contributed by atoms with Crippen LogP contribution in [0.2, 0.25) is 0 Å². The Bertz CT molecular complexity index is 399. The van der Waals surface area contributed by atoms with E-state index in [1.807, 2.05) is 0 Å². The van der Waals surface area contributed by atoms with E-state index in [1.165, 1.54) is 0 Å². The second-order valence-electron chi connectivity index (χ2n) is 4.06. The molecule has 2 atom stereocenters. The van der Waals surface area contributed by atoms with E-state index < -0.39 is 0 Å². The van der Waals surface area contributed by atoms with Crippen molar-refractivity contribution in [2.45, 2.75) is 31.9 Å². The zero-order valence-corrected chi connectivity index (χ0v) is 9.31. The third-order valence-corrected chi connectivity index (χ3v) is 2.75. The zero-order valence-electron chi connectivity index (χ0n) is 9.31. The van der Waals surface area contributed by atoms with Crippen molar-refractivity contribution in [2.75, 3.05) is 11.9 Å². The highest BCUT2D eigenvalue weighted by Crippen LogP contribution is 2.19. The summed E-state index contributed by atoms with van der Waals surface area (Å²) in [5, 5.41) is 12.3. The van der Waals surface area contributed by atoms with E-state index in [9.17, 15) is 0 Å². The van der Waals surface area contributed by atoms with Crippen molar-refractivity contribution < 1.29 is 4.74 Å². The molecule has 0 aromatic carbocycles. The predicted molar refractivity (Wildman–Crippen MR) is 61.0 cm³/mol. The molecule has 2 heterocycles. The van der Waals surface area contributed by atoms with Crippen LogP contribution in [0.3, 0.4) is 0 Å². The number of hydrogen-bond donors (Lipinski definition) is 1. The van der Waals surface area contributed by atoms with Crippen molar-refractivity contribution in [1.29, 1.82) is 5.26 Å². The van der Waals surface area contributed by atoms with Gasteiger partial charge >= 0.3 is 0 Å². The molecule has 0 radical (unpaired) electrons. The number of ether oxygens (including phenoxy) is 1.